The van der Waals surface area contributed by atoms with Crippen LogP contribution < -0.4 is 20.1 Å². The number of halogens is 1. The molecule has 6 heteroatoms. The molecule has 0 unspecified atom stereocenters. The molecule has 23 heavy (non-hydrogen) atoms. The van der Waals surface area contributed by atoms with Crippen LogP contribution in [-0.4, -0.2) is 19.2 Å². The summed E-state index contributed by atoms with van der Waals surface area (Å²) < 4.78 is 23.3. The molecule has 0 atom stereocenters. The Morgan fingerprint density at radius 3 is 2.70 bits per heavy atom. The third kappa shape index (κ3) is 4.12. The Bertz CT molecular complexity index is 689. The van der Waals surface area contributed by atoms with Gasteiger partial charge in [0.2, 0.25) is 12.7 Å². The first-order chi connectivity index (χ1) is 11.2. The number of anilines is 1. The first kappa shape index (κ1) is 15.1. The lowest BCUT2D eigenvalue weighted by Gasteiger charge is -2.08. The molecule has 2 N–H and O–H groups in total. The smallest absolute Gasteiger partial charge is 0.231 e. The van der Waals surface area contributed by atoms with Crippen molar-refractivity contribution in [3.05, 3.63) is 53.8 Å². The molecule has 120 valence electrons. The fourth-order valence-corrected chi connectivity index (χ4v) is 2.23. The van der Waals surface area contributed by atoms with E-state index in [-0.39, 0.29) is 18.5 Å². The monoisotopic (exact) mass is 316 g/mol. The van der Waals surface area contributed by atoms with Gasteiger partial charge in [-0.15, -0.1) is 0 Å². The van der Waals surface area contributed by atoms with E-state index in [4.69, 9.17) is 9.47 Å². The highest BCUT2D eigenvalue weighted by atomic mass is 19.1. The molecule has 0 aromatic heterocycles. The number of carbonyl (C=O) groups is 1. The summed E-state index contributed by atoms with van der Waals surface area (Å²) in [6.07, 6.45) is 0.335. The van der Waals surface area contributed by atoms with Crippen molar-refractivity contribution in [3.63, 3.8) is 0 Å². The van der Waals surface area contributed by atoms with Crippen LogP contribution in [0.15, 0.2) is 42.5 Å². The maximum Gasteiger partial charge on any atom is 0.231 e. The van der Waals surface area contributed by atoms with Crippen molar-refractivity contribution in [1.82, 2.24) is 5.32 Å². The summed E-state index contributed by atoms with van der Waals surface area (Å²) in [6.45, 7) is 1.16. The Morgan fingerprint density at radius 2 is 1.87 bits per heavy atom. The largest absolute Gasteiger partial charge is 0.454 e. The SMILES string of the molecule is O=C(CCNc1ccc(F)cc1)NCc1ccc2c(c1)OCO2. The average Bonchev–Trinajstić information content (AvgIpc) is 3.02. The summed E-state index contributed by atoms with van der Waals surface area (Å²) in [5.41, 5.74) is 1.74. The van der Waals surface area contributed by atoms with Gasteiger partial charge in [-0.1, -0.05) is 6.07 Å². The van der Waals surface area contributed by atoms with Gasteiger partial charge in [0.05, 0.1) is 0 Å². The molecule has 1 aliphatic rings. The van der Waals surface area contributed by atoms with Gasteiger partial charge in [0.25, 0.3) is 0 Å². The third-order valence-electron chi connectivity index (χ3n) is 3.45. The molecule has 2 aromatic carbocycles. The van der Waals surface area contributed by atoms with E-state index in [9.17, 15) is 9.18 Å². The molecule has 1 amide bonds. The maximum absolute atomic E-state index is 12.8. The number of amides is 1. The Morgan fingerprint density at radius 1 is 1.09 bits per heavy atom. The molecule has 0 spiro atoms. The molecule has 0 saturated carbocycles. The number of ether oxygens (including phenoxy) is 2. The van der Waals surface area contributed by atoms with Gasteiger partial charge in [0.15, 0.2) is 11.5 Å². The number of fused-ring (bicyclic) bond motifs is 1. The molecule has 1 heterocycles. The van der Waals surface area contributed by atoms with Gasteiger partial charge < -0.3 is 20.1 Å². The zero-order valence-electron chi connectivity index (χ0n) is 12.5. The van der Waals surface area contributed by atoms with Gasteiger partial charge >= 0.3 is 0 Å². The molecule has 0 radical (unpaired) electrons. The Labute approximate surface area is 133 Å². The van der Waals surface area contributed by atoms with Crippen molar-refractivity contribution in [1.29, 1.82) is 0 Å². The van der Waals surface area contributed by atoms with Crippen LogP contribution in [0, 0.1) is 5.82 Å². The molecule has 3 rings (SSSR count). The van der Waals surface area contributed by atoms with Gasteiger partial charge in [-0.2, -0.15) is 0 Å². The quantitative estimate of drug-likeness (QED) is 0.860. The van der Waals surface area contributed by atoms with Crippen LogP contribution in [0.3, 0.4) is 0 Å². The summed E-state index contributed by atoms with van der Waals surface area (Å²) in [5, 5.41) is 5.92. The molecule has 0 saturated heterocycles. The molecule has 2 aromatic rings. The number of rotatable bonds is 6. The van der Waals surface area contributed by atoms with E-state index in [1.165, 1.54) is 12.1 Å². The first-order valence-corrected chi connectivity index (χ1v) is 7.35. The minimum atomic E-state index is -0.281. The fraction of sp³-hybridized carbons (Fsp3) is 0.235. The lowest BCUT2D eigenvalue weighted by Crippen LogP contribution is -2.24. The maximum atomic E-state index is 12.8. The summed E-state index contributed by atoms with van der Waals surface area (Å²) in [7, 11) is 0. The second kappa shape index (κ2) is 7.00. The second-order valence-corrected chi connectivity index (χ2v) is 5.15. The van der Waals surface area contributed by atoms with Gasteiger partial charge in [-0.25, -0.2) is 4.39 Å². The number of nitrogens with one attached hydrogen (secondary N) is 2. The van der Waals surface area contributed by atoms with E-state index in [0.29, 0.717) is 25.3 Å². The van der Waals surface area contributed by atoms with E-state index >= 15 is 0 Å². The van der Waals surface area contributed by atoms with E-state index in [0.717, 1.165) is 17.0 Å². The Balaban J connectivity index is 1.40. The number of benzene rings is 2. The van der Waals surface area contributed by atoms with Gasteiger partial charge in [0.1, 0.15) is 5.82 Å². The topological polar surface area (TPSA) is 59.6 Å². The molecular weight excluding hydrogens is 299 g/mol. The minimum absolute atomic E-state index is 0.0581. The normalized spacial score (nSPS) is 12.0. The average molecular weight is 316 g/mol. The van der Waals surface area contributed by atoms with E-state index in [1.807, 2.05) is 18.2 Å². The van der Waals surface area contributed by atoms with Crippen LogP contribution in [0.25, 0.3) is 0 Å². The summed E-state index contributed by atoms with van der Waals surface area (Å²) in [4.78, 5) is 11.8. The van der Waals surface area contributed by atoms with E-state index in [2.05, 4.69) is 10.6 Å². The zero-order valence-corrected chi connectivity index (χ0v) is 12.5. The van der Waals surface area contributed by atoms with Gasteiger partial charge in [0, 0.05) is 25.2 Å². The second-order valence-electron chi connectivity index (χ2n) is 5.15. The number of hydrogen-bond acceptors (Lipinski definition) is 4. The minimum Gasteiger partial charge on any atom is -0.454 e. The van der Waals surface area contributed by atoms with Crippen LogP contribution in [-0.2, 0) is 11.3 Å². The van der Waals surface area contributed by atoms with Crippen molar-refractivity contribution in [2.24, 2.45) is 0 Å². The summed E-state index contributed by atoms with van der Waals surface area (Å²) >= 11 is 0. The molecule has 0 aliphatic carbocycles. The molecule has 5 nitrogen and oxygen atoms in total. The van der Waals surface area contributed by atoms with Gasteiger partial charge in [-0.05, 0) is 42.0 Å². The highest BCUT2D eigenvalue weighted by molar-refractivity contribution is 5.76. The molecule has 0 fully saturated rings. The predicted molar refractivity (Wildman–Crippen MR) is 83.9 cm³/mol. The van der Waals surface area contributed by atoms with Gasteiger partial charge in [-0.3, -0.25) is 4.79 Å². The van der Waals surface area contributed by atoms with Crippen molar-refractivity contribution in [3.8, 4) is 11.5 Å². The summed E-state index contributed by atoms with van der Waals surface area (Å²) in [5.74, 6) is 1.09. The molecule has 0 bridgehead atoms. The molecule has 1 aliphatic heterocycles. The zero-order chi connectivity index (χ0) is 16.1. The Hall–Kier alpha value is -2.76. The third-order valence-corrected chi connectivity index (χ3v) is 3.45. The van der Waals surface area contributed by atoms with Crippen molar-refractivity contribution in [2.45, 2.75) is 13.0 Å². The van der Waals surface area contributed by atoms with E-state index in [1.54, 1.807) is 12.1 Å². The lowest BCUT2D eigenvalue weighted by atomic mass is 10.2. The van der Waals surface area contributed by atoms with Crippen LogP contribution in [0.5, 0.6) is 11.5 Å². The Kier molecular flexibility index (Phi) is 4.61. The number of carbonyl (C=O) groups excluding carboxylic acids is 1. The molecular formula is C17H17FN2O3. The highest BCUT2D eigenvalue weighted by Crippen LogP contribution is 2.32. The van der Waals surface area contributed by atoms with E-state index < -0.39 is 0 Å². The van der Waals surface area contributed by atoms with Crippen LogP contribution in [0.2, 0.25) is 0 Å². The number of hydrogen-bond donors (Lipinski definition) is 2. The lowest BCUT2D eigenvalue weighted by molar-refractivity contribution is -0.121. The van der Waals surface area contributed by atoms with Crippen molar-refractivity contribution >= 4 is 11.6 Å². The van der Waals surface area contributed by atoms with Crippen molar-refractivity contribution < 1.29 is 18.7 Å². The summed E-state index contributed by atoms with van der Waals surface area (Å²) in [6, 6.07) is 11.6. The predicted octanol–water partition coefficient (Wildman–Crippen LogP) is 2.67. The van der Waals surface area contributed by atoms with Crippen LogP contribution >= 0.6 is 0 Å². The van der Waals surface area contributed by atoms with Crippen molar-refractivity contribution in [2.75, 3.05) is 18.7 Å². The first-order valence-electron chi connectivity index (χ1n) is 7.35. The highest BCUT2D eigenvalue weighted by Gasteiger charge is 2.13. The standard InChI is InChI=1S/C17H17FN2O3/c18-13-2-4-14(5-3-13)19-8-7-17(21)20-10-12-1-6-15-16(9-12)23-11-22-15/h1-6,9,19H,7-8,10-11H2,(H,20,21). The van der Waals surface area contributed by atoms with Crippen LogP contribution in [0.1, 0.15) is 12.0 Å². The fourth-order valence-electron chi connectivity index (χ4n) is 2.23. The van der Waals surface area contributed by atoms with Crippen LogP contribution in [0.4, 0.5) is 10.1 Å².